The summed E-state index contributed by atoms with van der Waals surface area (Å²) >= 11 is 0. The number of anilines is 1. The number of aromatic nitrogens is 1. The predicted molar refractivity (Wildman–Crippen MR) is 111 cm³/mol. The lowest BCUT2D eigenvalue weighted by Gasteiger charge is -2.20. The van der Waals surface area contributed by atoms with Gasteiger partial charge in [-0.3, -0.25) is 14.6 Å². The molecule has 2 heterocycles. The SMILES string of the molecule is COc1cccc(CN2CC(=O)N(C)c3cc(-c4ccncc4)ccc3C2=O)c1. The van der Waals surface area contributed by atoms with Gasteiger partial charge in [-0.05, 0) is 53.1 Å². The van der Waals surface area contributed by atoms with Crippen LogP contribution >= 0.6 is 0 Å². The normalized spacial score (nSPS) is 13.9. The number of amides is 2. The summed E-state index contributed by atoms with van der Waals surface area (Å²) in [5, 5.41) is 0. The van der Waals surface area contributed by atoms with Gasteiger partial charge in [0.1, 0.15) is 12.3 Å². The molecule has 1 aliphatic heterocycles. The first-order valence-corrected chi connectivity index (χ1v) is 9.30. The Morgan fingerprint density at radius 3 is 2.55 bits per heavy atom. The van der Waals surface area contributed by atoms with Crippen LogP contribution < -0.4 is 9.64 Å². The average Bonchev–Trinajstić information content (AvgIpc) is 2.85. The van der Waals surface area contributed by atoms with Crippen LogP contribution in [0.1, 0.15) is 15.9 Å². The molecule has 6 heteroatoms. The number of hydrogen-bond donors (Lipinski definition) is 0. The molecule has 146 valence electrons. The largest absolute Gasteiger partial charge is 0.497 e. The summed E-state index contributed by atoms with van der Waals surface area (Å²) in [7, 11) is 3.31. The second-order valence-corrected chi connectivity index (χ2v) is 6.93. The zero-order valence-corrected chi connectivity index (χ0v) is 16.3. The van der Waals surface area contributed by atoms with E-state index >= 15 is 0 Å². The fourth-order valence-corrected chi connectivity index (χ4v) is 3.48. The van der Waals surface area contributed by atoms with E-state index in [9.17, 15) is 9.59 Å². The molecular formula is C23H21N3O3. The molecule has 0 fully saturated rings. The third-order valence-electron chi connectivity index (χ3n) is 5.10. The number of likely N-dealkylation sites (N-methyl/N-ethyl adjacent to an activating group) is 1. The van der Waals surface area contributed by atoms with Crippen LogP contribution in [-0.2, 0) is 11.3 Å². The van der Waals surface area contributed by atoms with Crippen LogP contribution in [0.15, 0.2) is 67.0 Å². The van der Waals surface area contributed by atoms with Gasteiger partial charge in [-0.1, -0.05) is 18.2 Å². The Morgan fingerprint density at radius 2 is 1.79 bits per heavy atom. The van der Waals surface area contributed by atoms with Gasteiger partial charge in [-0.15, -0.1) is 0 Å². The summed E-state index contributed by atoms with van der Waals surface area (Å²) in [6, 6.07) is 16.9. The molecule has 0 aliphatic carbocycles. The standard InChI is InChI=1S/C23H21N3O3/c1-25-21-13-18(17-8-10-24-11-9-17)6-7-20(21)23(28)26(15-22(25)27)14-16-4-3-5-19(12-16)29-2/h3-13H,14-15H2,1-2H3. The number of fused-ring (bicyclic) bond motifs is 1. The van der Waals surface area contributed by atoms with Crippen LogP contribution in [0, 0.1) is 0 Å². The highest BCUT2D eigenvalue weighted by Gasteiger charge is 2.30. The maximum Gasteiger partial charge on any atom is 0.256 e. The molecule has 0 bridgehead atoms. The van der Waals surface area contributed by atoms with Gasteiger partial charge in [0.25, 0.3) is 5.91 Å². The van der Waals surface area contributed by atoms with Crippen molar-refractivity contribution < 1.29 is 14.3 Å². The second kappa shape index (κ2) is 7.75. The van der Waals surface area contributed by atoms with Crippen molar-refractivity contribution in [2.75, 3.05) is 25.6 Å². The van der Waals surface area contributed by atoms with Crippen molar-refractivity contribution in [2.24, 2.45) is 0 Å². The van der Waals surface area contributed by atoms with Crippen LogP contribution in [0.3, 0.4) is 0 Å². The van der Waals surface area contributed by atoms with E-state index in [2.05, 4.69) is 4.98 Å². The fraction of sp³-hybridized carbons (Fsp3) is 0.174. The van der Waals surface area contributed by atoms with Crippen molar-refractivity contribution in [2.45, 2.75) is 6.54 Å². The van der Waals surface area contributed by atoms with Gasteiger partial charge >= 0.3 is 0 Å². The summed E-state index contributed by atoms with van der Waals surface area (Å²) in [6.07, 6.45) is 3.44. The van der Waals surface area contributed by atoms with E-state index in [1.54, 1.807) is 42.4 Å². The highest BCUT2D eigenvalue weighted by atomic mass is 16.5. The first-order chi connectivity index (χ1) is 14.1. The quantitative estimate of drug-likeness (QED) is 0.689. The van der Waals surface area contributed by atoms with Crippen LogP contribution in [0.4, 0.5) is 5.69 Å². The number of hydrogen-bond acceptors (Lipinski definition) is 4. The fourth-order valence-electron chi connectivity index (χ4n) is 3.48. The molecule has 0 spiro atoms. The number of benzene rings is 2. The van der Waals surface area contributed by atoms with E-state index in [4.69, 9.17) is 4.74 Å². The molecule has 2 amide bonds. The van der Waals surface area contributed by atoms with E-state index in [0.717, 1.165) is 22.4 Å². The number of carbonyl (C=O) groups is 2. The Labute approximate surface area is 169 Å². The average molecular weight is 387 g/mol. The number of nitrogens with zero attached hydrogens (tertiary/aromatic N) is 3. The molecule has 6 nitrogen and oxygen atoms in total. The van der Waals surface area contributed by atoms with Gasteiger partial charge < -0.3 is 14.5 Å². The molecule has 0 saturated carbocycles. The lowest BCUT2D eigenvalue weighted by Crippen LogP contribution is -2.37. The Kier molecular flexibility index (Phi) is 4.99. The van der Waals surface area contributed by atoms with Gasteiger partial charge in [-0.25, -0.2) is 0 Å². The lowest BCUT2D eigenvalue weighted by atomic mass is 10.0. The number of ether oxygens (including phenoxy) is 1. The van der Waals surface area contributed by atoms with Crippen molar-refractivity contribution in [3.8, 4) is 16.9 Å². The summed E-state index contributed by atoms with van der Waals surface area (Å²) in [5.41, 5.74) is 3.94. The minimum absolute atomic E-state index is 0.0197. The number of rotatable bonds is 4. The maximum atomic E-state index is 13.2. The van der Waals surface area contributed by atoms with Crippen LogP contribution in [-0.4, -0.2) is 42.4 Å². The second-order valence-electron chi connectivity index (χ2n) is 6.93. The Balaban J connectivity index is 1.70. The first-order valence-electron chi connectivity index (χ1n) is 9.30. The van der Waals surface area contributed by atoms with Gasteiger partial charge in [0.2, 0.25) is 5.91 Å². The smallest absolute Gasteiger partial charge is 0.256 e. The van der Waals surface area contributed by atoms with Crippen molar-refractivity contribution in [1.82, 2.24) is 9.88 Å². The van der Waals surface area contributed by atoms with Gasteiger partial charge in [0, 0.05) is 26.0 Å². The molecule has 29 heavy (non-hydrogen) atoms. The van der Waals surface area contributed by atoms with E-state index in [1.807, 2.05) is 48.5 Å². The molecule has 0 saturated heterocycles. The molecular weight excluding hydrogens is 366 g/mol. The van der Waals surface area contributed by atoms with Crippen LogP contribution in [0.2, 0.25) is 0 Å². The molecule has 0 atom stereocenters. The molecule has 4 rings (SSSR count). The van der Waals surface area contributed by atoms with Gasteiger partial charge in [-0.2, -0.15) is 0 Å². The molecule has 0 radical (unpaired) electrons. The van der Waals surface area contributed by atoms with Crippen molar-refractivity contribution in [3.05, 3.63) is 78.1 Å². The maximum absolute atomic E-state index is 13.2. The topological polar surface area (TPSA) is 62.7 Å². The van der Waals surface area contributed by atoms with Gasteiger partial charge in [0.15, 0.2) is 0 Å². The van der Waals surface area contributed by atoms with Gasteiger partial charge in [0.05, 0.1) is 18.4 Å². The number of pyridine rings is 1. The molecule has 1 aliphatic rings. The summed E-state index contributed by atoms with van der Waals surface area (Å²) < 4.78 is 5.26. The molecule has 3 aromatic rings. The van der Waals surface area contributed by atoms with Crippen molar-refractivity contribution in [1.29, 1.82) is 0 Å². The van der Waals surface area contributed by atoms with Crippen LogP contribution in [0.25, 0.3) is 11.1 Å². The third kappa shape index (κ3) is 3.69. The monoisotopic (exact) mass is 387 g/mol. The summed E-state index contributed by atoms with van der Waals surface area (Å²) in [6.45, 7) is 0.354. The molecule has 1 aromatic heterocycles. The Hall–Kier alpha value is -3.67. The molecule has 2 aromatic carbocycles. The van der Waals surface area contributed by atoms with E-state index in [-0.39, 0.29) is 18.4 Å². The zero-order valence-electron chi connectivity index (χ0n) is 16.3. The number of methoxy groups -OCH3 is 1. The van der Waals surface area contributed by atoms with E-state index < -0.39 is 0 Å². The third-order valence-corrected chi connectivity index (χ3v) is 5.10. The number of carbonyl (C=O) groups excluding carboxylic acids is 2. The minimum Gasteiger partial charge on any atom is -0.497 e. The molecule has 0 N–H and O–H groups in total. The first kappa shape index (κ1) is 18.7. The summed E-state index contributed by atoms with van der Waals surface area (Å²) in [5.74, 6) is 0.421. The highest BCUT2D eigenvalue weighted by molar-refractivity contribution is 6.10. The Morgan fingerprint density at radius 1 is 1.00 bits per heavy atom. The van der Waals surface area contributed by atoms with E-state index in [0.29, 0.717) is 17.8 Å². The Bertz CT molecular complexity index is 1070. The van der Waals surface area contributed by atoms with Crippen molar-refractivity contribution >= 4 is 17.5 Å². The van der Waals surface area contributed by atoms with Crippen molar-refractivity contribution in [3.63, 3.8) is 0 Å². The van der Waals surface area contributed by atoms with Crippen LogP contribution in [0.5, 0.6) is 5.75 Å². The summed E-state index contributed by atoms with van der Waals surface area (Å²) in [4.78, 5) is 33.2. The van der Waals surface area contributed by atoms with E-state index in [1.165, 1.54) is 0 Å². The predicted octanol–water partition coefficient (Wildman–Crippen LogP) is 3.38. The highest BCUT2D eigenvalue weighted by Crippen LogP contribution is 2.31. The zero-order chi connectivity index (χ0) is 20.4. The molecule has 0 unspecified atom stereocenters. The minimum atomic E-state index is -0.165. The lowest BCUT2D eigenvalue weighted by molar-refractivity contribution is -0.118.